The van der Waals surface area contributed by atoms with E-state index in [1.165, 1.54) is 4.88 Å². The Morgan fingerprint density at radius 2 is 2.32 bits per heavy atom. The van der Waals surface area contributed by atoms with Crippen LogP contribution in [0.15, 0.2) is 29.6 Å². The van der Waals surface area contributed by atoms with E-state index >= 15 is 0 Å². The van der Waals surface area contributed by atoms with Crippen molar-refractivity contribution < 1.29 is 4.79 Å². The average molecular weight is 295 g/mol. The lowest BCUT2D eigenvalue weighted by molar-refractivity contribution is 0.0940. The van der Waals surface area contributed by atoms with Crippen molar-refractivity contribution in [3.05, 3.63) is 50.9 Å². The van der Waals surface area contributed by atoms with Gasteiger partial charge in [0.25, 0.3) is 5.91 Å². The highest BCUT2D eigenvalue weighted by molar-refractivity contribution is 7.09. The van der Waals surface area contributed by atoms with Gasteiger partial charge in [0.1, 0.15) is 5.15 Å². The van der Waals surface area contributed by atoms with Crippen LogP contribution < -0.4 is 5.32 Å². The number of aryl methyl sites for hydroxylation is 1. The van der Waals surface area contributed by atoms with E-state index in [9.17, 15) is 4.79 Å². The molecule has 2 rings (SSSR count). The molecule has 2 aromatic heterocycles. The lowest BCUT2D eigenvalue weighted by atomic mass is 10.1. The van der Waals surface area contributed by atoms with E-state index in [2.05, 4.69) is 16.4 Å². The van der Waals surface area contributed by atoms with Gasteiger partial charge in [-0.05, 0) is 37.4 Å². The number of thiophene rings is 1. The molecular weight excluding hydrogens is 280 g/mol. The summed E-state index contributed by atoms with van der Waals surface area (Å²) < 4.78 is 0. The van der Waals surface area contributed by atoms with Gasteiger partial charge in [-0.1, -0.05) is 17.7 Å². The van der Waals surface area contributed by atoms with Crippen molar-refractivity contribution in [2.24, 2.45) is 0 Å². The summed E-state index contributed by atoms with van der Waals surface area (Å²) in [4.78, 5) is 17.4. The third-order valence-electron chi connectivity index (χ3n) is 2.65. The van der Waals surface area contributed by atoms with Crippen molar-refractivity contribution in [1.29, 1.82) is 0 Å². The van der Waals surface area contributed by atoms with Crippen molar-refractivity contribution in [3.63, 3.8) is 0 Å². The summed E-state index contributed by atoms with van der Waals surface area (Å²) in [5.74, 6) is -0.114. The second kappa shape index (κ2) is 6.17. The molecule has 1 N–H and O–H groups in total. The standard InChI is InChI=1S/C14H15ClN2OS/c1-9-6-11(8-13(15)16-9)14(18)17-10(2)7-12-4-3-5-19-12/h3-6,8,10H,7H2,1-2H3,(H,17,18). The first-order chi connectivity index (χ1) is 9.04. The fourth-order valence-electron chi connectivity index (χ4n) is 1.85. The highest BCUT2D eigenvalue weighted by Gasteiger charge is 2.12. The molecule has 0 aliphatic carbocycles. The van der Waals surface area contributed by atoms with E-state index in [-0.39, 0.29) is 11.9 Å². The summed E-state index contributed by atoms with van der Waals surface area (Å²) in [5, 5.41) is 5.35. The van der Waals surface area contributed by atoms with Gasteiger partial charge in [0, 0.05) is 28.6 Å². The number of nitrogens with zero attached hydrogens (tertiary/aromatic N) is 1. The first-order valence-corrected chi connectivity index (χ1v) is 7.28. The number of carbonyl (C=O) groups excluding carboxylic acids is 1. The highest BCUT2D eigenvalue weighted by atomic mass is 35.5. The van der Waals surface area contributed by atoms with E-state index in [1.807, 2.05) is 25.3 Å². The molecule has 5 heteroatoms. The number of hydrogen-bond acceptors (Lipinski definition) is 3. The SMILES string of the molecule is Cc1cc(C(=O)NC(C)Cc2cccs2)cc(Cl)n1. The van der Waals surface area contributed by atoms with Gasteiger partial charge in [-0.15, -0.1) is 11.3 Å². The maximum Gasteiger partial charge on any atom is 0.251 e. The zero-order valence-electron chi connectivity index (χ0n) is 10.8. The molecule has 2 aromatic rings. The zero-order valence-corrected chi connectivity index (χ0v) is 12.4. The molecule has 100 valence electrons. The minimum absolute atomic E-state index is 0.0818. The monoisotopic (exact) mass is 294 g/mol. The van der Waals surface area contributed by atoms with Gasteiger partial charge in [0.05, 0.1) is 0 Å². The molecule has 0 saturated carbocycles. The van der Waals surface area contributed by atoms with Gasteiger partial charge in [0.15, 0.2) is 0 Å². The molecule has 19 heavy (non-hydrogen) atoms. The van der Waals surface area contributed by atoms with Crippen LogP contribution in [0.2, 0.25) is 5.15 Å². The summed E-state index contributed by atoms with van der Waals surface area (Å²) in [6, 6.07) is 7.49. The van der Waals surface area contributed by atoms with E-state index < -0.39 is 0 Å². The quantitative estimate of drug-likeness (QED) is 0.877. The summed E-state index contributed by atoms with van der Waals surface area (Å²) in [7, 11) is 0. The lowest BCUT2D eigenvalue weighted by Gasteiger charge is -2.13. The smallest absolute Gasteiger partial charge is 0.251 e. The summed E-state index contributed by atoms with van der Waals surface area (Å²) in [5.41, 5.74) is 1.29. The Hall–Kier alpha value is -1.39. The van der Waals surface area contributed by atoms with E-state index in [0.717, 1.165) is 12.1 Å². The Morgan fingerprint density at radius 3 is 2.95 bits per heavy atom. The molecule has 1 amide bonds. The lowest BCUT2D eigenvalue weighted by Crippen LogP contribution is -2.34. The van der Waals surface area contributed by atoms with E-state index in [4.69, 9.17) is 11.6 Å². The van der Waals surface area contributed by atoms with Crippen LogP contribution in [0.5, 0.6) is 0 Å². The summed E-state index contributed by atoms with van der Waals surface area (Å²) >= 11 is 7.55. The molecule has 0 aliphatic heterocycles. The van der Waals surface area contributed by atoms with Crippen molar-refractivity contribution in [2.75, 3.05) is 0 Å². The normalized spacial score (nSPS) is 12.2. The number of halogens is 1. The number of rotatable bonds is 4. The van der Waals surface area contributed by atoms with E-state index in [0.29, 0.717) is 10.7 Å². The Balaban J connectivity index is 2.00. The van der Waals surface area contributed by atoms with Crippen molar-refractivity contribution >= 4 is 28.8 Å². The summed E-state index contributed by atoms with van der Waals surface area (Å²) in [6.07, 6.45) is 0.835. The second-order valence-electron chi connectivity index (χ2n) is 4.48. The molecule has 0 fully saturated rings. The Bertz CT molecular complexity index is 549. The van der Waals surface area contributed by atoms with Gasteiger partial charge >= 0.3 is 0 Å². The van der Waals surface area contributed by atoms with Crippen LogP contribution in [0, 0.1) is 6.92 Å². The third-order valence-corrected chi connectivity index (χ3v) is 3.74. The second-order valence-corrected chi connectivity index (χ2v) is 5.90. The minimum atomic E-state index is -0.114. The predicted molar refractivity (Wildman–Crippen MR) is 78.9 cm³/mol. The average Bonchev–Trinajstić information content (AvgIpc) is 2.80. The van der Waals surface area contributed by atoms with Crippen LogP contribution >= 0.6 is 22.9 Å². The van der Waals surface area contributed by atoms with Gasteiger partial charge in [-0.3, -0.25) is 4.79 Å². The number of pyridine rings is 1. The fourth-order valence-corrected chi connectivity index (χ4v) is 2.93. The number of nitrogens with one attached hydrogen (secondary N) is 1. The van der Waals surface area contributed by atoms with E-state index in [1.54, 1.807) is 23.5 Å². The van der Waals surface area contributed by atoms with Gasteiger partial charge in [-0.2, -0.15) is 0 Å². The van der Waals surface area contributed by atoms with Gasteiger partial charge in [0.2, 0.25) is 0 Å². The fraction of sp³-hybridized carbons (Fsp3) is 0.286. The Morgan fingerprint density at radius 1 is 1.53 bits per heavy atom. The number of aromatic nitrogens is 1. The van der Waals surface area contributed by atoms with Gasteiger partial charge in [-0.25, -0.2) is 4.98 Å². The number of hydrogen-bond donors (Lipinski definition) is 1. The van der Waals surface area contributed by atoms with Crippen molar-refractivity contribution in [3.8, 4) is 0 Å². The maximum atomic E-state index is 12.1. The molecule has 0 aromatic carbocycles. The molecule has 1 unspecified atom stereocenters. The van der Waals surface area contributed by atoms with Gasteiger partial charge < -0.3 is 5.32 Å². The van der Waals surface area contributed by atoms with Crippen LogP contribution in [0.25, 0.3) is 0 Å². The molecule has 0 bridgehead atoms. The molecule has 3 nitrogen and oxygen atoms in total. The van der Waals surface area contributed by atoms with Crippen LogP contribution in [-0.2, 0) is 6.42 Å². The topological polar surface area (TPSA) is 42.0 Å². The molecule has 0 radical (unpaired) electrons. The maximum absolute atomic E-state index is 12.1. The van der Waals surface area contributed by atoms with Crippen LogP contribution in [0.3, 0.4) is 0 Å². The first kappa shape index (κ1) is 14.0. The number of carbonyl (C=O) groups is 1. The third kappa shape index (κ3) is 4.04. The first-order valence-electron chi connectivity index (χ1n) is 6.02. The van der Waals surface area contributed by atoms with Crippen LogP contribution in [-0.4, -0.2) is 16.9 Å². The Kier molecular flexibility index (Phi) is 4.56. The molecule has 1 atom stereocenters. The van der Waals surface area contributed by atoms with Crippen molar-refractivity contribution in [1.82, 2.24) is 10.3 Å². The minimum Gasteiger partial charge on any atom is -0.349 e. The molecule has 0 aliphatic rings. The zero-order chi connectivity index (χ0) is 13.8. The molecular formula is C14H15ClN2OS. The summed E-state index contributed by atoms with van der Waals surface area (Å²) in [6.45, 7) is 3.81. The Labute approximate surface area is 121 Å². The highest BCUT2D eigenvalue weighted by Crippen LogP contribution is 2.13. The largest absolute Gasteiger partial charge is 0.349 e. The molecule has 0 saturated heterocycles. The molecule has 0 spiro atoms. The van der Waals surface area contributed by atoms with Crippen LogP contribution in [0.1, 0.15) is 27.9 Å². The van der Waals surface area contributed by atoms with Crippen molar-refractivity contribution in [2.45, 2.75) is 26.3 Å². The number of amides is 1. The predicted octanol–water partition coefficient (Wildman–Crippen LogP) is 3.47. The molecule has 2 heterocycles. The van der Waals surface area contributed by atoms with Crippen LogP contribution in [0.4, 0.5) is 0 Å².